The van der Waals surface area contributed by atoms with Gasteiger partial charge >= 0.3 is 0 Å². The molecule has 0 saturated heterocycles. The van der Waals surface area contributed by atoms with Crippen LogP contribution in [-0.2, 0) is 21.2 Å². The molecule has 7 nitrogen and oxygen atoms in total. The van der Waals surface area contributed by atoms with E-state index < -0.39 is 16.1 Å². The van der Waals surface area contributed by atoms with Crippen LogP contribution in [0.3, 0.4) is 0 Å². The number of carbonyl (C=O) groups is 1. The minimum absolute atomic E-state index is 0.0447. The van der Waals surface area contributed by atoms with E-state index >= 15 is 0 Å². The number of imidazole rings is 1. The smallest absolute Gasteiger partial charge is 0.212 e. The van der Waals surface area contributed by atoms with Crippen molar-refractivity contribution in [1.29, 1.82) is 0 Å². The first-order valence-corrected chi connectivity index (χ1v) is 9.71. The summed E-state index contributed by atoms with van der Waals surface area (Å²) in [6.07, 6.45) is 3.77. The number of aromatic nitrogens is 3. The van der Waals surface area contributed by atoms with E-state index in [2.05, 4.69) is 19.7 Å². The second kappa shape index (κ2) is 7.85. The highest BCUT2D eigenvalue weighted by molar-refractivity contribution is 7.89. The van der Waals surface area contributed by atoms with E-state index in [0.29, 0.717) is 25.5 Å². The van der Waals surface area contributed by atoms with Crippen molar-refractivity contribution in [3.8, 4) is 0 Å². The van der Waals surface area contributed by atoms with Crippen molar-refractivity contribution < 1.29 is 13.2 Å². The minimum atomic E-state index is -3.49. The number of nitrogens with zero attached hydrogens (tertiary/aromatic N) is 2. The van der Waals surface area contributed by atoms with Crippen molar-refractivity contribution in [2.75, 3.05) is 5.75 Å². The highest BCUT2D eigenvalue weighted by Crippen LogP contribution is 2.15. The van der Waals surface area contributed by atoms with Crippen LogP contribution in [0.5, 0.6) is 0 Å². The van der Waals surface area contributed by atoms with Gasteiger partial charge in [0.05, 0.1) is 23.0 Å². The van der Waals surface area contributed by atoms with E-state index in [4.69, 9.17) is 0 Å². The summed E-state index contributed by atoms with van der Waals surface area (Å²) in [6, 6.07) is 1.18. The van der Waals surface area contributed by atoms with Crippen LogP contribution in [-0.4, -0.2) is 41.5 Å². The standard InChI is InChI=1S/C16H24N4O3S/c1-11(2)9-13(10-21)20-24(22,23)8-4-5-14-16-15(6-7-17-14)18-12(3)19-16/h6-7,10-11,13,20H,4-5,8-9H2,1-3H3,(H,18,19)/t13-/m0/s1. The number of pyridine rings is 1. The van der Waals surface area contributed by atoms with Gasteiger partial charge in [-0.15, -0.1) is 0 Å². The second-order valence-corrected chi connectivity index (χ2v) is 8.26. The largest absolute Gasteiger partial charge is 0.342 e. The van der Waals surface area contributed by atoms with Crippen molar-refractivity contribution >= 4 is 27.3 Å². The molecule has 0 bridgehead atoms. The number of hydrogen-bond acceptors (Lipinski definition) is 5. The molecule has 0 fully saturated rings. The van der Waals surface area contributed by atoms with Crippen molar-refractivity contribution in [2.24, 2.45) is 5.92 Å². The molecule has 2 rings (SSSR count). The molecule has 0 aliphatic rings. The fraction of sp³-hybridized carbons (Fsp3) is 0.562. The van der Waals surface area contributed by atoms with E-state index in [-0.39, 0.29) is 11.7 Å². The lowest BCUT2D eigenvalue weighted by Gasteiger charge is -2.14. The predicted molar refractivity (Wildman–Crippen MR) is 93.2 cm³/mol. The Labute approximate surface area is 142 Å². The molecule has 0 radical (unpaired) electrons. The van der Waals surface area contributed by atoms with Crippen LogP contribution in [0.15, 0.2) is 12.3 Å². The average molecular weight is 352 g/mol. The number of nitrogens with one attached hydrogen (secondary N) is 2. The van der Waals surface area contributed by atoms with Crippen molar-refractivity contribution in [1.82, 2.24) is 19.7 Å². The summed E-state index contributed by atoms with van der Waals surface area (Å²) >= 11 is 0. The summed E-state index contributed by atoms with van der Waals surface area (Å²) < 4.78 is 26.7. The molecule has 2 aromatic heterocycles. The number of carbonyl (C=O) groups excluding carboxylic acids is 1. The Morgan fingerprint density at radius 2 is 2.12 bits per heavy atom. The Morgan fingerprint density at radius 3 is 2.79 bits per heavy atom. The zero-order valence-corrected chi connectivity index (χ0v) is 15.1. The first-order chi connectivity index (χ1) is 11.3. The molecule has 2 N–H and O–H groups in total. The van der Waals surface area contributed by atoms with Gasteiger partial charge in [0.15, 0.2) is 0 Å². The molecule has 0 aliphatic carbocycles. The molecule has 1 atom stereocenters. The van der Waals surface area contributed by atoms with Crippen LogP contribution in [0, 0.1) is 12.8 Å². The number of rotatable bonds is 9. The Bertz CT molecular complexity index is 799. The van der Waals surface area contributed by atoms with Crippen molar-refractivity contribution in [3.05, 3.63) is 23.8 Å². The highest BCUT2D eigenvalue weighted by Gasteiger charge is 2.18. The zero-order chi connectivity index (χ0) is 17.7. The van der Waals surface area contributed by atoms with Gasteiger partial charge < -0.3 is 9.78 Å². The first-order valence-electron chi connectivity index (χ1n) is 8.06. The summed E-state index contributed by atoms with van der Waals surface area (Å²) in [4.78, 5) is 22.8. The summed E-state index contributed by atoms with van der Waals surface area (Å²) in [6.45, 7) is 5.76. The lowest BCUT2D eigenvalue weighted by atomic mass is 10.1. The van der Waals surface area contributed by atoms with Gasteiger partial charge in [0.2, 0.25) is 10.0 Å². The minimum Gasteiger partial charge on any atom is -0.342 e. The third-order valence-electron chi connectivity index (χ3n) is 3.64. The van der Waals surface area contributed by atoms with Gasteiger partial charge in [0, 0.05) is 6.20 Å². The highest BCUT2D eigenvalue weighted by atomic mass is 32.2. The van der Waals surface area contributed by atoms with Gasteiger partial charge in [-0.1, -0.05) is 13.8 Å². The molecule has 0 saturated carbocycles. The lowest BCUT2D eigenvalue weighted by molar-refractivity contribution is -0.109. The molecule has 0 aromatic carbocycles. The maximum absolute atomic E-state index is 12.1. The third-order valence-corrected chi connectivity index (χ3v) is 5.13. The normalized spacial score (nSPS) is 13.5. The van der Waals surface area contributed by atoms with Gasteiger partial charge in [0.25, 0.3) is 0 Å². The summed E-state index contributed by atoms with van der Waals surface area (Å²) in [5.74, 6) is 1.00. The number of sulfonamides is 1. The second-order valence-electron chi connectivity index (χ2n) is 6.39. The van der Waals surface area contributed by atoms with Crippen LogP contribution >= 0.6 is 0 Å². The molecule has 24 heavy (non-hydrogen) atoms. The number of fused-ring (bicyclic) bond motifs is 1. The molecule has 132 valence electrons. The number of hydrogen-bond donors (Lipinski definition) is 2. The zero-order valence-electron chi connectivity index (χ0n) is 14.2. The van der Waals surface area contributed by atoms with Gasteiger partial charge in [-0.3, -0.25) is 4.98 Å². The molecule has 0 aliphatic heterocycles. The summed E-state index contributed by atoms with van der Waals surface area (Å²) in [5.41, 5.74) is 2.46. The molecular weight excluding hydrogens is 328 g/mol. The van der Waals surface area contributed by atoms with E-state index in [0.717, 1.165) is 22.6 Å². The molecule has 8 heteroatoms. The maximum Gasteiger partial charge on any atom is 0.212 e. The Hall–Kier alpha value is -1.80. The van der Waals surface area contributed by atoms with Gasteiger partial charge in [-0.25, -0.2) is 18.1 Å². The van der Waals surface area contributed by atoms with Crippen LogP contribution in [0.2, 0.25) is 0 Å². The number of aromatic amines is 1. The quantitative estimate of drug-likeness (QED) is 0.669. The van der Waals surface area contributed by atoms with Gasteiger partial charge in [0.1, 0.15) is 17.6 Å². The first kappa shape index (κ1) is 18.5. The third kappa shape index (κ3) is 5.10. The summed E-state index contributed by atoms with van der Waals surface area (Å²) in [7, 11) is -3.49. The summed E-state index contributed by atoms with van der Waals surface area (Å²) in [5, 5.41) is 0. The van der Waals surface area contributed by atoms with Crippen molar-refractivity contribution in [3.63, 3.8) is 0 Å². The van der Waals surface area contributed by atoms with Gasteiger partial charge in [-0.05, 0) is 38.2 Å². The Balaban J connectivity index is 1.95. The van der Waals surface area contributed by atoms with Crippen molar-refractivity contribution in [2.45, 2.75) is 46.1 Å². The Kier molecular flexibility index (Phi) is 6.06. The number of aryl methyl sites for hydroxylation is 2. The fourth-order valence-corrected chi connectivity index (χ4v) is 3.91. The van der Waals surface area contributed by atoms with E-state index in [9.17, 15) is 13.2 Å². The van der Waals surface area contributed by atoms with Gasteiger partial charge in [-0.2, -0.15) is 0 Å². The number of aldehydes is 1. The van der Waals surface area contributed by atoms with E-state index in [1.165, 1.54) is 0 Å². The fourth-order valence-electron chi connectivity index (χ4n) is 2.65. The topological polar surface area (TPSA) is 105 Å². The van der Waals surface area contributed by atoms with Crippen LogP contribution in [0.1, 0.15) is 38.2 Å². The molecule has 2 aromatic rings. The molecule has 2 heterocycles. The SMILES string of the molecule is Cc1nc2c(CCCS(=O)(=O)N[C@H](C=O)CC(C)C)nccc2[nH]1. The predicted octanol–water partition coefficient (Wildman–Crippen LogP) is 1.73. The van der Waals surface area contributed by atoms with Crippen LogP contribution in [0.4, 0.5) is 0 Å². The Morgan fingerprint density at radius 1 is 1.38 bits per heavy atom. The van der Waals surface area contributed by atoms with E-state index in [1.54, 1.807) is 6.20 Å². The van der Waals surface area contributed by atoms with Crippen LogP contribution in [0.25, 0.3) is 11.0 Å². The molecule has 0 unspecified atom stereocenters. The molecular formula is C16H24N4O3S. The molecule has 0 spiro atoms. The lowest BCUT2D eigenvalue weighted by Crippen LogP contribution is -2.38. The maximum atomic E-state index is 12.1. The average Bonchev–Trinajstić information content (AvgIpc) is 2.86. The molecule has 0 amide bonds. The van der Waals surface area contributed by atoms with Crippen LogP contribution < -0.4 is 4.72 Å². The van der Waals surface area contributed by atoms with E-state index in [1.807, 2.05) is 26.8 Å². The number of H-pyrrole nitrogens is 1. The monoisotopic (exact) mass is 352 g/mol.